The molecule has 2 aromatic rings. The highest BCUT2D eigenvalue weighted by atomic mass is 32.1. The summed E-state index contributed by atoms with van der Waals surface area (Å²) in [6.07, 6.45) is 0. The number of benzene rings is 1. The zero-order chi connectivity index (χ0) is 15.4. The monoisotopic (exact) mass is 316 g/mol. The molecule has 1 fully saturated rings. The van der Waals surface area contributed by atoms with Crippen molar-refractivity contribution in [1.29, 1.82) is 0 Å². The third-order valence-corrected chi connectivity index (χ3v) is 4.69. The third-order valence-electron chi connectivity index (χ3n) is 3.96. The number of hydrogen-bond acceptors (Lipinski definition) is 4. The summed E-state index contributed by atoms with van der Waals surface area (Å²) < 4.78 is 5.19. The normalized spacial score (nSPS) is 15.8. The molecule has 1 aromatic heterocycles. The van der Waals surface area contributed by atoms with Crippen LogP contribution in [-0.4, -0.2) is 49.0 Å². The molecule has 5 heteroatoms. The molecule has 0 bridgehead atoms. The smallest absolute Gasteiger partial charge is 0.254 e. The van der Waals surface area contributed by atoms with Crippen molar-refractivity contribution in [2.45, 2.75) is 6.54 Å². The van der Waals surface area contributed by atoms with Crippen molar-refractivity contribution in [2.24, 2.45) is 0 Å². The molecule has 4 nitrogen and oxygen atoms in total. The van der Waals surface area contributed by atoms with E-state index in [4.69, 9.17) is 4.74 Å². The number of ether oxygens (including phenoxy) is 1. The molecular formula is C17H20N2O2S. The Morgan fingerprint density at radius 3 is 2.73 bits per heavy atom. The quantitative estimate of drug-likeness (QED) is 0.869. The van der Waals surface area contributed by atoms with E-state index in [0.29, 0.717) is 5.56 Å². The molecule has 2 heterocycles. The van der Waals surface area contributed by atoms with Crippen LogP contribution in [0.2, 0.25) is 0 Å². The Hall–Kier alpha value is -1.85. The average Bonchev–Trinajstić information content (AvgIpc) is 3.08. The van der Waals surface area contributed by atoms with Gasteiger partial charge in [-0.1, -0.05) is 6.07 Å². The number of nitrogens with zero attached hydrogens (tertiary/aromatic N) is 2. The van der Waals surface area contributed by atoms with Gasteiger partial charge in [-0.2, -0.15) is 11.3 Å². The van der Waals surface area contributed by atoms with E-state index in [1.807, 2.05) is 23.1 Å². The number of rotatable bonds is 4. The van der Waals surface area contributed by atoms with Crippen molar-refractivity contribution in [2.75, 3.05) is 33.3 Å². The summed E-state index contributed by atoms with van der Waals surface area (Å²) >= 11 is 1.73. The molecular weight excluding hydrogens is 296 g/mol. The van der Waals surface area contributed by atoms with Crippen molar-refractivity contribution in [3.63, 3.8) is 0 Å². The molecule has 1 saturated heterocycles. The van der Waals surface area contributed by atoms with Crippen molar-refractivity contribution in [3.05, 3.63) is 52.2 Å². The van der Waals surface area contributed by atoms with Crippen molar-refractivity contribution in [1.82, 2.24) is 9.80 Å². The Kier molecular flexibility index (Phi) is 4.75. The Balaban J connectivity index is 1.57. The van der Waals surface area contributed by atoms with Gasteiger partial charge in [0.1, 0.15) is 5.75 Å². The van der Waals surface area contributed by atoms with E-state index in [1.54, 1.807) is 24.5 Å². The van der Waals surface area contributed by atoms with E-state index < -0.39 is 0 Å². The predicted molar refractivity (Wildman–Crippen MR) is 88.5 cm³/mol. The first-order chi connectivity index (χ1) is 10.8. The number of carbonyl (C=O) groups is 1. The van der Waals surface area contributed by atoms with E-state index in [2.05, 4.69) is 21.7 Å². The maximum atomic E-state index is 12.5. The lowest BCUT2D eigenvalue weighted by Crippen LogP contribution is -2.48. The topological polar surface area (TPSA) is 32.8 Å². The van der Waals surface area contributed by atoms with Gasteiger partial charge in [0.2, 0.25) is 0 Å². The maximum Gasteiger partial charge on any atom is 0.254 e. The highest BCUT2D eigenvalue weighted by molar-refractivity contribution is 7.07. The lowest BCUT2D eigenvalue weighted by molar-refractivity contribution is 0.0628. The summed E-state index contributed by atoms with van der Waals surface area (Å²) in [5.74, 6) is 0.816. The molecule has 116 valence electrons. The molecule has 0 unspecified atom stereocenters. The fourth-order valence-electron chi connectivity index (χ4n) is 2.69. The van der Waals surface area contributed by atoms with Crippen LogP contribution in [0, 0.1) is 0 Å². The summed E-state index contributed by atoms with van der Waals surface area (Å²) in [4.78, 5) is 16.9. The minimum Gasteiger partial charge on any atom is -0.497 e. The van der Waals surface area contributed by atoms with Gasteiger partial charge in [-0.15, -0.1) is 0 Å². The molecule has 1 aliphatic rings. The lowest BCUT2D eigenvalue weighted by atomic mass is 10.1. The summed E-state index contributed by atoms with van der Waals surface area (Å²) in [6, 6.07) is 9.54. The van der Waals surface area contributed by atoms with Gasteiger partial charge in [-0.3, -0.25) is 9.69 Å². The van der Waals surface area contributed by atoms with Gasteiger partial charge in [0.05, 0.1) is 7.11 Å². The number of methoxy groups -OCH3 is 1. The van der Waals surface area contributed by atoms with E-state index in [9.17, 15) is 4.79 Å². The van der Waals surface area contributed by atoms with E-state index >= 15 is 0 Å². The van der Waals surface area contributed by atoms with Gasteiger partial charge in [0.25, 0.3) is 5.91 Å². The fourth-order valence-corrected chi connectivity index (χ4v) is 3.35. The van der Waals surface area contributed by atoms with Crippen molar-refractivity contribution >= 4 is 17.2 Å². The minimum atomic E-state index is 0.0917. The summed E-state index contributed by atoms with van der Waals surface area (Å²) in [5.41, 5.74) is 2.06. The molecule has 0 N–H and O–H groups in total. The largest absolute Gasteiger partial charge is 0.497 e. The van der Waals surface area contributed by atoms with E-state index in [0.717, 1.165) is 38.5 Å². The molecule has 1 aromatic carbocycles. The first-order valence-electron chi connectivity index (χ1n) is 7.43. The van der Waals surface area contributed by atoms with Crippen LogP contribution in [0.3, 0.4) is 0 Å². The molecule has 1 aliphatic heterocycles. The van der Waals surface area contributed by atoms with Gasteiger partial charge in [0, 0.05) is 38.3 Å². The van der Waals surface area contributed by atoms with Crippen LogP contribution < -0.4 is 4.74 Å². The van der Waals surface area contributed by atoms with E-state index in [-0.39, 0.29) is 5.91 Å². The number of thiophene rings is 1. The van der Waals surface area contributed by atoms with Crippen LogP contribution >= 0.6 is 11.3 Å². The number of carbonyl (C=O) groups excluding carboxylic acids is 1. The molecule has 0 saturated carbocycles. The van der Waals surface area contributed by atoms with Crippen LogP contribution in [0.5, 0.6) is 5.75 Å². The molecule has 0 spiro atoms. The van der Waals surface area contributed by atoms with Gasteiger partial charge >= 0.3 is 0 Å². The van der Waals surface area contributed by atoms with Gasteiger partial charge < -0.3 is 9.64 Å². The van der Waals surface area contributed by atoms with Crippen LogP contribution in [0.4, 0.5) is 0 Å². The number of amides is 1. The van der Waals surface area contributed by atoms with Crippen molar-refractivity contribution in [3.8, 4) is 5.75 Å². The zero-order valence-corrected chi connectivity index (χ0v) is 13.5. The summed E-state index contributed by atoms with van der Waals surface area (Å²) in [5, 5.41) is 4.30. The Bertz CT molecular complexity index is 619. The Morgan fingerprint density at radius 1 is 1.23 bits per heavy atom. The lowest BCUT2D eigenvalue weighted by Gasteiger charge is -2.34. The molecule has 1 amide bonds. The summed E-state index contributed by atoms with van der Waals surface area (Å²) in [7, 11) is 1.62. The molecule has 22 heavy (non-hydrogen) atoms. The second-order valence-corrected chi connectivity index (χ2v) is 6.21. The second kappa shape index (κ2) is 6.94. The zero-order valence-electron chi connectivity index (χ0n) is 12.7. The first kappa shape index (κ1) is 15.1. The summed E-state index contributed by atoms with van der Waals surface area (Å²) in [6.45, 7) is 4.38. The average molecular weight is 316 g/mol. The number of piperazine rings is 1. The standard InChI is InChI=1S/C17H20N2O2S/c1-21-16-4-2-3-15(11-16)17(20)19-8-6-18(7-9-19)12-14-5-10-22-13-14/h2-5,10-11,13H,6-9,12H2,1H3. The van der Waals surface area contributed by atoms with Crippen LogP contribution in [-0.2, 0) is 6.54 Å². The first-order valence-corrected chi connectivity index (χ1v) is 8.37. The Morgan fingerprint density at radius 2 is 2.05 bits per heavy atom. The maximum absolute atomic E-state index is 12.5. The highest BCUT2D eigenvalue weighted by Crippen LogP contribution is 2.16. The molecule has 0 radical (unpaired) electrons. The highest BCUT2D eigenvalue weighted by Gasteiger charge is 2.22. The number of hydrogen-bond donors (Lipinski definition) is 0. The van der Waals surface area contributed by atoms with Crippen LogP contribution in [0.15, 0.2) is 41.1 Å². The van der Waals surface area contributed by atoms with Gasteiger partial charge in [-0.25, -0.2) is 0 Å². The van der Waals surface area contributed by atoms with Crippen LogP contribution in [0.1, 0.15) is 15.9 Å². The van der Waals surface area contributed by atoms with Crippen LogP contribution in [0.25, 0.3) is 0 Å². The van der Waals surface area contributed by atoms with Crippen molar-refractivity contribution < 1.29 is 9.53 Å². The second-order valence-electron chi connectivity index (χ2n) is 5.43. The van der Waals surface area contributed by atoms with Gasteiger partial charge in [-0.05, 0) is 40.6 Å². The third kappa shape index (κ3) is 3.48. The molecule has 0 aliphatic carbocycles. The minimum absolute atomic E-state index is 0.0917. The predicted octanol–water partition coefficient (Wildman–Crippen LogP) is 2.71. The van der Waals surface area contributed by atoms with E-state index in [1.165, 1.54) is 5.56 Å². The Labute approximate surface area is 134 Å². The fraction of sp³-hybridized carbons (Fsp3) is 0.353. The molecule has 0 atom stereocenters. The SMILES string of the molecule is COc1cccc(C(=O)N2CCN(Cc3ccsc3)CC2)c1. The van der Waals surface area contributed by atoms with Gasteiger partial charge in [0.15, 0.2) is 0 Å². The molecule has 3 rings (SSSR count).